The predicted octanol–water partition coefficient (Wildman–Crippen LogP) is 5.75. The van der Waals surface area contributed by atoms with E-state index in [-0.39, 0.29) is 0 Å². The van der Waals surface area contributed by atoms with Crippen LogP contribution in [-0.2, 0) is 0 Å². The molecule has 4 rings (SSSR count). The normalized spacial score (nSPS) is 11.2. The van der Waals surface area contributed by atoms with Gasteiger partial charge in [-0.05, 0) is 23.8 Å². The zero-order valence-corrected chi connectivity index (χ0v) is 12.3. The van der Waals surface area contributed by atoms with Crippen LogP contribution in [0, 0.1) is 0 Å². The van der Waals surface area contributed by atoms with Crippen LogP contribution >= 0.6 is 15.9 Å². The number of H-pyrrole nitrogens is 1. The van der Waals surface area contributed by atoms with Crippen LogP contribution in [-0.4, -0.2) is 4.98 Å². The second-order valence-electron chi connectivity index (χ2n) is 4.88. The lowest BCUT2D eigenvalue weighted by Crippen LogP contribution is -1.81. The van der Waals surface area contributed by atoms with Gasteiger partial charge in [-0.1, -0.05) is 64.5 Å². The molecule has 3 aromatic carbocycles. The van der Waals surface area contributed by atoms with Gasteiger partial charge in [0, 0.05) is 31.8 Å². The third-order valence-corrected chi connectivity index (χ3v) is 4.34. The number of halogens is 1. The van der Waals surface area contributed by atoms with Gasteiger partial charge in [-0.3, -0.25) is 0 Å². The third kappa shape index (κ3) is 1.69. The molecule has 4 aromatic rings. The smallest absolute Gasteiger partial charge is 0.0471 e. The second kappa shape index (κ2) is 4.50. The molecule has 1 aromatic heterocycles. The van der Waals surface area contributed by atoms with Gasteiger partial charge in [-0.25, -0.2) is 0 Å². The molecule has 1 heterocycles. The summed E-state index contributed by atoms with van der Waals surface area (Å²) in [5.74, 6) is 0. The molecule has 0 amide bonds. The topological polar surface area (TPSA) is 15.8 Å². The zero-order chi connectivity index (χ0) is 13.5. The van der Waals surface area contributed by atoms with Gasteiger partial charge in [0.2, 0.25) is 0 Å². The molecule has 2 heteroatoms. The van der Waals surface area contributed by atoms with Crippen molar-refractivity contribution in [1.29, 1.82) is 0 Å². The Morgan fingerprint density at radius 1 is 0.700 bits per heavy atom. The van der Waals surface area contributed by atoms with E-state index in [1.165, 1.54) is 32.9 Å². The summed E-state index contributed by atoms with van der Waals surface area (Å²) >= 11 is 3.71. The van der Waals surface area contributed by atoms with E-state index >= 15 is 0 Å². The Morgan fingerprint density at radius 2 is 1.45 bits per heavy atom. The summed E-state index contributed by atoms with van der Waals surface area (Å²) in [6.45, 7) is 0. The summed E-state index contributed by atoms with van der Waals surface area (Å²) in [5, 5.41) is 2.55. The highest BCUT2D eigenvalue weighted by Crippen LogP contribution is 2.39. The average Bonchev–Trinajstić information content (AvgIpc) is 2.87. The number of aromatic amines is 1. The molecule has 20 heavy (non-hydrogen) atoms. The maximum atomic E-state index is 3.71. The van der Waals surface area contributed by atoms with Crippen molar-refractivity contribution in [3.8, 4) is 11.1 Å². The molecule has 0 aliphatic carbocycles. The maximum Gasteiger partial charge on any atom is 0.0471 e. The minimum Gasteiger partial charge on any atom is -0.354 e. The molecular formula is C18H12BrN. The number of nitrogens with one attached hydrogen (secondary N) is 1. The summed E-state index contributed by atoms with van der Waals surface area (Å²) in [4.78, 5) is 3.49. The number of rotatable bonds is 1. The van der Waals surface area contributed by atoms with Crippen molar-refractivity contribution in [3.05, 3.63) is 71.2 Å². The molecule has 0 aliphatic rings. The van der Waals surface area contributed by atoms with E-state index in [1.807, 2.05) is 6.07 Å². The summed E-state index contributed by atoms with van der Waals surface area (Å²) in [6, 6.07) is 23.2. The summed E-state index contributed by atoms with van der Waals surface area (Å²) in [5.41, 5.74) is 4.83. The lowest BCUT2D eigenvalue weighted by atomic mass is 9.99. The molecule has 0 radical (unpaired) electrons. The molecule has 0 saturated heterocycles. The van der Waals surface area contributed by atoms with Crippen LogP contribution in [0.25, 0.3) is 32.9 Å². The molecule has 1 N–H and O–H groups in total. The SMILES string of the molecule is Brc1ccc2[nH]c3ccccc3c2c1-c1ccccc1. The summed E-state index contributed by atoms with van der Waals surface area (Å²) in [6.07, 6.45) is 0. The number of hydrogen-bond acceptors (Lipinski definition) is 0. The van der Waals surface area contributed by atoms with Crippen LogP contribution in [0.2, 0.25) is 0 Å². The van der Waals surface area contributed by atoms with Gasteiger partial charge >= 0.3 is 0 Å². The Hall–Kier alpha value is -2.06. The lowest BCUT2D eigenvalue weighted by molar-refractivity contribution is 1.54. The van der Waals surface area contributed by atoms with Crippen LogP contribution in [0.5, 0.6) is 0 Å². The molecule has 0 unspecified atom stereocenters. The summed E-state index contributed by atoms with van der Waals surface area (Å²) in [7, 11) is 0. The Bertz CT molecular complexity index is 907. The Balaban J connectivity index is 2.21. The van der Waals surface area contributed by atoms with E-state index < -0.39 is 0 Å². The maximum absolute atomic E-state index is 3.71. The van der Waals surface area contributed by atoms with Crippen molar-refractivity contribution >= 4 is 37.7 Å². The zero-order valence-electron chi connectivity index (χ0n) is 10.7. The number of para-hydroxylation sites is 1. The summed E-state index contributed by atoms with van der Waals surface area (Å²) < 4.78 is 1.13. The minimum atomic E-state index is 1.13. The monoisotopic (exact) mass is 321 g/mol. The first-order valence-electron chi connectivity index (χ1n) is 6.59. The number of benzene rings is 3. The van der Waals surface area contributed by atoms with Crippen LogP contribution < -0.4 is 0 Å². The first-order valence-corrected chi connectivity index (χ1v) is 7.38. The number of aromatic nitrogens is 1. The van der Waals surface area contributed by atoms with Gasteiger partial charge in [0.25, 0.3) is 0 Å². The first kappa shape index (κ1) is 11.7. The molecule has 0 fully saturated rings. The average molecular weight is 322 g/mol. The highest BCUT2D eigenvalue weighted by atomic mass is 79.9. The predicted molar refractivity (Wildman–Crippen MR) is 88.9 cm³/mol. The van der Waals surface area contributed by atoms with E-state index in [4.69, 9.17) is 0 Å². The van der Waals surface area contributed by atoms with Crippen molar-refractivity contribution in [2.75, 3.05) is 0 Å². The molecule has 0 aliphatic heterocycles. The van der Waals surface area contributed by atoms with Crippen molar-refractivity contribution in [2.24, 2.45) is 0 Å². The van der Waals surface area contributed by atoms with Gasteiger partial charge < -0.3 is 4.98 Å². The van der Waals surface area contributed by atoms with Crippen LogP contribution in [0.3, 0.4) is 0 Å². The number of fused-ring (bicyclic) bond motifs is 3. The van der Waals surface area contributed by atoms with Crippen molar-refractivity contribution < 1.29 is 0 Å². The Morgan fingerprint density at radius 3 is 2.30 bits per heavy atom. The molecule has 1 nitrogen and oxygen atoms in total. The van der Waals surface area contributed by atoms with Crippen LogP contribution in [0.15, 0.2) is 71.2 Å². The van der Waals surface area contributed by atoms with E-state index in [2.05, 4.69) is 81.6 Å². The van der Waals surface area contributed by atoms with E-state index in [0.717, 1.165) is 4.47 Å². The van der Waals surface area contributed by atoms with E-state index in [0.29, 0.717) is 0 Å². The highest BCUT2D eigenvalue weighted by Gasteiger charge is 2.12. The lowest BCUT2D eigenvalue weighted by Gasteiger charge is -2.07. The fourth-order valence-corrected chi connectivity index (χ4v) is 3.36. The first-order chi connectivity index (χ1) is 9.84. The van der Waals surface area contributed by atoms with Gasteiger partial charge in [-0.15, -0.1) is 0 Å². The Labute approximate surface area is 125 Å². The third-order valence-electron chi connectivity index (χ3n) is 3.68. The van der Waals surface area contributed by atoms with Crippen molar-refractivity contribution in [2.45, 2.75) is 0 Å². The molecule has 0 spiro atoms. The fraction of sp³-hybridized carbons (Fsp3) is 0. The van der Waals surface area contributed by atoms with Gasteiger partial charge in [0.15, 0.2) is 0 Å². The molecule has 0 atom stereocenters. The fourth-order valence-electron chi connectivity index (χ4n) is 2.80. The van der Waals surface area contributed by atoms with Crippen molar-refractivity contribution in [1.82, 2.24) is 4.98 Å². The molecule has 96 valence electrons. The van der Waals surface area contributed by atoms with Gasteiger partial charge in [-0.2, -0.15) is 0 Å². The molecule has 0 saturated carbocycles. The van der Waals surface area contributed by atoms with Crippen molar-refractivity contribution in [3.63, 3.8) is 0 Å². The van der Waals surface area contributed by atoms with E-state index in [9.17, 15) is 0 Å². The van der Waals surface area contributed by atoms with Crippen LogP contribution in [0.4, 0.5) is 0 Å². The molecular weight excluding hydrogens is 310 g/mol. The quantitative estimate of drug-likeness (QED) is 0.459. The minimum absolute atomic E-state index is 1.13. The van der Waals surface area contributed by atoms with E-state index in [1.54, 1.807) is 0 Å². The van der Waals surface area contributed by atoms with Crippen LogP contribution in [0.1, 0.15) is 0 Å². The standard InChI is InChI=1S/C18H12BrN/c19-14-10-11-16-18(13-8-4-5-9-15(13)20-16)17(14)12-6-2-1-3-7-12/h1-11,20H. The number of hydrogen-bond donors (Lipinski definition) is 1. The molecule has 0 bridgehead atoms. The largest absolute Gasteiger partial charge is 0.354 e. The Kier molecular flexibility index (Phi) is 2.64. The second-order valence-corrected chi connectivity index (χ2v) is 5.74. The highest BCUT2D eigenvalue weighted by molar-refractivity contribution is 9.10. The van der Waals surface area contributed by atoms with Gasteiger partial charge in [0.1, 0.15) is 0 Å². The van der Waals surface area contributed by atoms with Gasteiger partial charge in [0.05, 0.1) is 0 Å².